The molecule has 1 aromatic carbocycles. The van der Waals surface area contributed by atoms with Crippen molar-refractivity contribution < 1.29 is 15.0 Å². The van der Waals surface area contributed by atoms with E-state index >= 15 is 0 Å². The van der Waals surface area contributed by atoms with Crippen LogP contribution in [0.4, 0.5) is 0 Å². The van der Waals surface area contributed by atoms with Crippen LogP contribution in [-0.2, 0) is 0 Å². The normalized spacial score (nSPS) is 13.4. The van der Waals surface area contributed by atoms with Crippen molar-refractivity contribution in [2.45, 2.75) is 90.2 Å². The number of amides is 1. The highest BCUT2D eigenvalue weighted by molar-refractivity contribution is 5.94. The molecule has 1 aromatic rings. The van der Waals surface area contributed by atoms with Gasteiger partial charge in [0.05, 0.1) is 18.8 Å². The van der Waals surface area contributed by atoms with E-state index in [0.717, 1.165) is 18.4 Å². The minimum absolute atomic E-state index is 0.251. The first-order valence-electron chi connectivity index (χ1n) is 10.2. The zero-order valence-corrected chi connectivity index (χ0v) is 16.5. The number of benzene rings is 1. The number of aliphatic hydroxyl groups excluding tert-OH is 2. The van der Waals surface area contributed by atoms with Crippen LogP contribution in [0.5, 0.6) is 0 Å². The van der Waals surface area contributed by atoms with Crippen molar-refractivity contribution in [3.05, 3.63) is 35.4 Å². The number of aliphatic hydroxyl groups is 2. The molecule has 0 fully saturated rings. The third-order valence-electron chi connectivity index (χ3n) is 4.86. The molecule has 0 aliphatic carbocycles. The SMILES string of the molecule is CCCCCCCCCCCC(O)C(CO)NC(=O)c1cccc(C)c1. The van der Waals surface area contributed by atoms with Crippen LogP contribution in [0, 0.1) is 6.92 Å². The van der Waals surface area contributed by atoms with Gasteiger partial charge in [-0.2, -0.15) is 0 Å². The summed E-state index contributed by atoms with van der Waals surface area (Å²) in [6.07, 6.45) is 10.9. The average Bonchev–Trinajstić information content (AvgIpc) is 2.64. The largest absolute Gasteiger partial charge is 0.394 e. The van der Waals surface area contributed by atoms with E-state index in [9.17, 15) is 15.0 Å². The highest BCUT2D eigenvalue weighted by Crippen LogP contribution is 2.13. The van der Waals surface area contributed by atoms with Crippen molar-refractivity contribution in [1.82, 2.24) is 5.32 Å². The van der Waals surface area contributed by atoms with Gasteiger partial charge >= 0.3 is 0 Å². The number of aryl methyl sites for hydroxylation is 1. The predicted octanol–water partition coefficient (Wildman–Crippen LogP) is 4.37. The summed E-state index contributed by atoms with van der Waals surface area (Å²) in [7, 11) is 0. The van der Waals surface area contributed by atoms with Crippen molar-refractivity contribution in [2.24, 2.45) is 0 Å². The second-order valence-corrected chi connectivity index (χ2v) is 7.32. The summed E-state index contributed by atoms with van der Waals surface area (Å²) in [5.74, 6) is -0.251. The molecule has 2 unspecified atom stereocenters. The van der Waals surface area contributed by atoms with Crippen molar-refractivity contribution in [3.63, 3.8) is 0 Å². The molecular weight excluding hydrogens is 326 g/mol. The minimum Gasteiger partial charge on any atom is -0.394 e. The molecule has 148 valence electrons. The molecule has 26 heavy (non-hydrogen) atoms. The van der Waals surface area contributed by atoms with Gasteiger partial charge in [-0.05, 0) is 25.5 Å². The van der Waals surface area contributed by atoms with Crippen LogP contribution >= 0.6 is 0 Å². The first kappa shape index (κ1) is 22.7. The Morgan fingerprint density at radius 1 is 1.04 bits per heavy atom. The number of unbranched alkanes of at least 4 members (excludes halogenated alkanes) is 8. The number of rotatable bonds is 14. The Bertz CT molecular complexity index is 504. The number of hydrogen-bond donors (Lipinski definition) is 3. The van der Waals surface area contributed by atoms with Crippen LogP contribution in [-0.4, -0.2) is 34.9 Å². The third kappa shape index (κ3) is 9.35. The maximum atomic E-state index is 12.3. The van der Waals surface area contributed by atoms with Gasteiger partial charge in [-0.25, -0.2) is 0 Å². The summed E-state index contributed by atoms with van der Waals surface area (Å²) < 4.78 is 0. The molecule has 0 aliphatic rings. The average molecular weight is 364 g/mol. The van der Waals surface area contributed by atoms with E-state index in [1.807, 2.05) is 19.1 Å². The van der Waals surface area contributed by atoms with Crippen molar-refractivity contribution >= 4 is 5.91 Å². The van der Waals surface area contributed by atoms with Crippen LogP contribution in [0.2, 0.25) is 0 Å². The predicted molar refractivity (Wildman–Crippen MR) is 107 cm³/mol. The van der Waals surface area contributed by atoms with E-state index in [4.69, 9.17) is 0 Å². The van der Waals surface area contributed by atoms with Crippen molar-refractivity contribution in [3.8, 4) is 0 Å². The molecule has 0 saturated heterocycles. The standard InChI is InChI=1S/C22H37NO3/c1-3-4-5-6-7-8-9-10-11-15-21(25)20(17-24)23-22(26)19-14-12-13-18(2)16-19/h12-14,16,20-21,24-25H,3-11,15,17H2,1-2H3,(H,23,26). The molecule has 0 saturated carbocycles. The van der Waals surface area contributed by atoms with Gasteiger partial charge in [0.15, 0.2) is 0 Å². The summed E-state index contributed by atoms with van der Waals surface area (Å²) in [6, 6.07) is 6.69. The molecule has 1 amide bonds. The molecule has 0 aromatic heterocycles. The zero-order chi connectivity index (χ0) is 19.2. The van der Waals surface area contributed by atoms with E-state index in [2.05, 4.69) is 12.2 Å². The minimum atomic E-state index is -0.710. The van der Waals surface area contributed by atoms with Crippen LogP contribution in [0.25, 0.3) is 0 Å². The summed E-state index contributed by atoms with van der Waals surface area (Å²) >= 11 is 0. The Labute approximate surface area is 159 Å². The van der Waals surface area contributed by atoms with Crippen LogP contribution in [0.3, 0.4) is 0 Å². The van der Waals surface area contributed by atoms with Gasteiger partial charge in [-0.15, -0.1) is 0 Å². The van der Waals surface area contributed by atoms with E-state index in [1.165, 1.54) is 44.9 Å². The molecule has 0 aliphatic heterocycles. The Morgan fingerprint density at radius 2 is 1.65 bits per heavy atom. The lowest BCUT2D eigenvalue weighted by molar-refractivity contribution is 0.0661. The van der Waals surface area contributed by atoms with Gasteiger partial charge in [0.2, 0.25) is 0 Å². The number of hydrogen-bond acceptors (Lipinski definition) is 3. The molecule has 4 nitrogen and oxygen atoms in total. The fourth-order valence-electron chi connectivity index (χ4n) is 3.17. The maximum absolute atomic E-state index is 12.3. The number of carbonyl (C=O) groups excluding carboxylic acids is 1. The van der Waals surface area contributed by atoms with Gasteiger partial charge in [-0.3, -0.25) is 4.79 Å². The quantitative estimate of drug-likeness (QED) is 0.430. The highest BCUT2D eigenvalue weighted by Gasteiger charge is 2.20. The fourth-order valence-corrected chi connectivity index (χ4v) is 3.17. The fraction of sp³-hybridized carbons (Fsp3) is 0.682. The second kappa shape index (κ2) is 13.8. The van der Waals surface area contributed by atoms with Crippen molar-refractivity contribution in [1.29, 1.82) is 0 Å². The number of nitrogens with one attached hydrogen (secondary N) is 1. The summed E-state index contributed by atoms with van der Waals surface area (Å²) in [4.78, 5) is 12.3. The van der Waals surface area contributed by atoms with Crippen LogP contribution in [0.15, 0.2) is 24.3 Å². The maximum Gasteiger partial charge on any atom is 0.251 e. The Hall–Kier alpha value is -1.39. The molecule has 0 spiro atoms. The van der Waals surface area contributed by atoms with E-state index in [1.54, 1.807) is 12.1 Å². The summed E-state index contributed by atoms with van der Waals surface area (Å²) in [6.45, 7) is 3.91. The van der Waals surface area contributed by atoms with Gasteiger partial charge in [-0.1, -0.05) is 82.4 Å². The lowest BCUT2D eigenvalue weighted by Gasteiger charge is -2.22. The smallest absolute Gasteiger partial charge is 0.251 e. The van der Waals surface area contributed by atoms with Gasteiger partial charge in [0.25, 0.3) is 5.91 Å². The van der Waals surface area contributed by atoms with Crippen LogP contribution < -0.4 is 5.32 Å². The van der Waals surface area contributed by atoms with E-state index in [0.29, 0.717) is 12.0 Å². The lowest BCUT2D eigenvalue weighted by Crippen LogP contribution is -2.45. The molecule has 3 N–H and O–H groups in total. The molecule has 0 heterocycles. The molecule has 4 heteroatoms. The molecule has 0 bridgehead atoms. The molecule has 0 radical (unpaired) electrons. The number of carbonyl (C=O) groups is 1. The topological polar surface area (TPSA) is 69.6 Å². The lowest BCUT2D eigenvalue weighted by atomic mass is 10.0. The van der Waals surface area contributed by atoms with Gasteiger partial charge in [0.1, 0.15) is 0 Å². The molecule has 2 atom stereocenters. The summed E-state index contributed by atoms with van der Waals surface area (Å²) in [5, 5.41) is 22.6. The van der Waals surface area contributed by atoms with Gasteiger partial charge < -0.3 is 15.5 Å². The van der Waals surface area contributed by atoms with E-state index < -0.39 is 12.1 Å². The molecule has 1 rings (SSSR count). The Balaban J connectivity index is 2.22. The zero-order valence-electron chi connectivity index (χ0n) is 16.5. The second-order valence-electron chi connectivity index (χ2n) is 7.32. The van der Waals surface area contributed by atoms with E-state index in [-0.39, 0.29) is 12.5 Å². The first-order valence-corrected chi connectivity index (χ1v) is 10.2. The molecular formula is C22H37NO3. The Kier molecular flexibility index (Phi) is 12.0. The monoisotopic (exact) mass is 363 g/mol. The highest BCUT2D eigenvalue weighted by atomic mass is 16.3. The Morgan fingerprint density at radius 3 is 2.23 bits per heavy atom. The van der Waals surface area contributed by atoms with Gasteiger partial charge in [0, 0.05) is 5.56 Å². The van der Waals surface area contributed by atoms with Crippen LogP contribution in [0.1, 0.15) is 87.1 Å². The summed E-state index contributed by atoms with van der Waals surface area (Å²) in [5.41, 5.74) is 1.56. The van der Waals surface area contributed by atoms with Crippen molar-refractivity contribution in [2.75, 3.05) is 6.61 Å². The third-order valence-corrected chi connectivity index (χ3v) is 4.86. The first-order chi connectivity index (χ1) is 12.6.